The molecule has 0 aliphatic rings. The van der Waals surface area contributed by atoms with Crippen LogP contribution in [-0.2, 0) is 4.79 Å². The molecule has 0 saturated carbocycles. The predicted molar refractivity (Wildman–Crippen MR) is 77.4 cm³/mol. The number of amides is 2. The van der Waals surface area contributed by atoms with E-state index in [1.165, 1.54) is 0 Å². The number of benzene rings is 1. The molecular formula is C14H15N5O2. The predicted octanol–water partition coefficient (Wildman–Crippen LogP) is 0.172. The fourth-order valence-corrected chi connectivity index (χ4v) is 1.64. The third kappa shape index (κ3) is 4.27. The highest BCUT2D eigenvalue weighted by atomic mass is 16.2. The summed E-state index contributed by atoms with van der Waals surface area (Å²) < 4.78 is 0. The first-order chi connectivity index (χ1) is 10.2. The number of rotatable bonds is 6. The van der Waals surface area contributed by atoms with Crippen molar-refractivity contribution in [2.75, 3.05) is 11.9 Å². The van der Waals surface area contributed by atoms with Crippen molar-refractivity contribution in [3.8, 4) is 0 Å². The molecule has 0 spiro atoms. The second kappa shape index (κ2) is 6.99. The van der Waals surface area contributed by atoms with Gasteiger partial charge in [-0.3, -0.25) is 9.59 Å². The van der Waals surface area contributed by atoms with Crippen molar-refractivity contribution in [1.82, 2.24) is 15.3 Å². The SMILES string of the molecule is NC(=O)C(CNc1ncccn1)NC(=O)c1ccccc1. The van der Waals surface area contributed by atoms with Crippen LogP contribution in [0.15, 0.2) is 48.8 Å². The Morgan fingerprint density at radius 1 is 1.10 bits per heavy atom. The van der Waals surface area contributed by atoms with E-state index in [2.05, 4.69) is 20.6 Å². The minimum atomic E-state index is -0.860. The van der Waals surface area contributed by atoms with E-state index in [-0.39, 0.29) is 12.5 Å². The molecule has 1 aromatic heterocycles. The number of anilines is 1. The van der Waals surface area contributed by atoms with Crippen molar-refractivity contribution < 1.29 is 9.59 Å². The van der Waals surface area contributed by atoms with Gasteiger partial charge in [0.1, 0.15) is 6.04 Å². The summed E-state index contributed by atoms with van der Waals surface area (Å²) in [6, 6.07) is 9.41. The molecule has 7 heteroatoms. The van der Waals surface area contributed by atoms with Crippen LogP contribution >= 0.6 is 0 Å². The van der Waals surface area contributed by atoms with Gasteiger partial charge in [-0.1, -0.05) is 18.2 Å². The van der Waals surface area contributed by atoms with Crippen molar-refractivity contribution in [3.63, 3.8) is 0 Å². The fraction of sp³-hybridized carbons (Fsp3) is 0.143. The van der Waals surface area contributed by atoms with Crippen LogP contribution in [-0.4, -0.2) is 34.4 Å². The number of carbonyl (C=O) groups excluding carboxylic acids is 2. The standard InChI is InChI=1S/C14H15N5O2/c15-12(20)11(9-18-14-16-7-4-8-17-14)19-13(21)10-5-2-1-3-6-10/h1-8,11H,9H2,(H2,15,20)(H,19,21)(H,16,17,18). The first-order valence-electron chi connectivity index (χ1n) is 6.33. The van der Waals surface area contributed by atoms with E-state index in [4.69, 9.17) is 5.73 Å². The number of nitrogens with one attached hydrogen (secondary N) is 2. The Morgan fingerprint density at radius 2 is 1.76 bits per heavy atom. The highest BCUT2D eigenvalue weighted by Gasteiger charge is 2.18. The number of nitrogens with two attached hydrogens (primary N) is 1. The van der Waals surface area contributed by atoms with Crippen LogP contribution in [0.4, 0.5) is 5.95 Å². The van der Waals surface area contributed by atoms with Crippen molar-refractivity contribution in [1.29, 1.82) is 0 Å². The average Bonchev–Trinajstić information content (AvgIpc) is 2.52. The molecule has 0 fully saturated rings. The summed E-state index contributed by atoms with van der Waals surface area (Å²) in [6.45, 7) is 0.109. The maximum Gasteiger partial charge on any atom is 0.251 e. The van der Waals surface area contributed by atoms with Crippen LogP contribution in [0, 0.1) is 0 Å². The number of aromatic nitrogens is 2. The van der Waals surface area contributed by atoms with Crippen LogP contribution in [0.3, 0.4) is 0 Å². The van der Waals surface area contributed by atoms with E-state index >= 15 is 0 Å². The maximum absolute atomic E-state index is 12.0. The zero-order chi connectivity index (χ0) is 15.1. The monoisotopic (exact) mass is 285 g/mol. The van der Waals surface area contributed by atoms with Crippen LogP contribution in [0.25, 0.3) is 0 Å². The summed E-state index contributed by atoms with van der Waals surface area (Å²) >= 11 is 0. The molecule has 108 valence electrons. The Kier molecular flexibility index (Phi) is 4.81. The molecule has 2 aromatic rings. The summed E-state index contributed by atoms with van der Waals surface area (Å²) in [4.78, 5) is 31.3. The number of hydrogen-bond donors (Lipinski definition) is 3. The van der Waals surface area contributed by atoms with E-state index in [0.717, 1.165) is 0 Å². The zero-order valence-electron chi connectivity index (χ0n) is 11.2. The third-order valence-electron chi connectivity index (χ3n) is 2.71. The van der Waals surface area contributed by atoms with Crippen LogP contribution in [0.5, 0.6) is 0 Å². The number of carbonyl (C=O) groups is 2. The Labute approximate surface area is 121 Å². The third-order valence-corrected chi connectivity index (χ3v) is 2.71. The Hall–Kier alpha value is -2.96. The normalized spacial score (nSPS) is 11.4. The molecule has 0 saturated heterocycles. The molecule has 1 aromatic carbocycles. The van der Waals surface area contributed by atoms with Crippen LogP contribution in [0.2, 0.25) is 0 Å². The van der Waals surface area contributed by atoms with Gasteiger partial charge in [-0.05, 0) is 18.2 Å². The largest absolute Gasteiger partial charge is 0.368 e. The molecule has 0 aliphatic heterocycles. The molecule has 2 rings (SSSR count). The molecule has 2 amide bonds. The first-order valence-corrected chi connectivity index (χ1v) is 6.33. The van der Waals surface area contributed by atoms with E-state index < -0.39 is 11.9 Å². The Balaban J connectivity index is 1.96. The second-order valence-corrected chi connectivity index (χ2v) is 4.25. The second-order valence-electron chi connectivity index (χ2n) is 4.25. The van der Waals surface area contributed by atoms with E-state index in [0.29, 0.717) is 11.5 Å². The van der Waals surface area contributed by atoms with Gasteiger partial charge in [0.25, 0.3) is 5.91 Å². The van der Waals surface area contributed by atoms with E-state index in [1.54, 1.807) is 48.8 Å². The average molecular weight is 285 g/mol. The molecule has 1 atom stereocenters. The van der Waals surface area contributed by atoms with Gasteiger partial charge in [-0.15, -0.1) is 0 Å². The molecule has 4 N–H and O–H groups in total. The van der Waals surface area contributed by atoms with Crippen LogP contribution in [0.1, 0.15) is 10.4 Å². The highest BCUT2D eigenvalue weighted by Crippen LogP contribution is 2.00. The lowest BCUT2D eigenvalue weighted by atomic mass is 10.2. The molecule has 0 radical (unpaired) electrons. The van der Waals surface area contributed by atoms with Crippen LogP contribution < -0.4 is 16.4 Å². The maximum atomic E-state index is 12.0. The van der Waals surface area contributed by atoms with Crippen molar-refractivity contribution >= 4 is 17.8 Å². The van der Waals surface area contributed by atoms with E-state index in [1.807, 2.05) is 0 Å². The Bertz CT molecular complexity index is 603. The van der Waals surface area contributed by atoms with Crippen molar-refractivity contribution in [2.45, 2.75) is 6.04 Å². The summed E-state index contributed by atoms with van der Waals surface area (Å²) in [6.07, 6.45) is 3.13. The summed E-state index contributed by atoms with van der Waals surface area (Å²) in [5.41, 5.74) is 5.75. The van der Waals surface area contributed by atoms with Crippen molar-refractivity contribution in [3.05, 3.63) is 54.4 Å². The van der Waals surface area contributed by atoms with Gasteiger partial charge >= 0.3 is 0 Å². The molecule has 1 unspecified atom stereocenters. The van der Waals surface area contributed by atoms with Gasteiger partial charge in [0.2, 0.25) is 11.9 Å². The highest BCUT2D eigenvalue weighted by molar-refractivity contribution is 5.97. The summed E-state index contributed by atoms with van der Waals surface area (Å²) in [7, 11) is 0. The van der Waals surface area contributed by atoms with Gasteiger partial charge in [0.15, 0.2) is 0 Å². The first kappa shape index (κ1) is 14.4. The molecule has 1 heterocycles. The molecule has 7 nitrogen and oxygen atoms in total. The molecular weight excluding hydrogens is 270 g/mol. The topological polar surface area (TPSA) is 110 Å². The Morgan fingerprint density at radius 3 is 2.38 bits per heavy atom. The lowest BCUT2D eigenvalue weighted by molar-refractivity contribution is -0.119. The minimum Gasteiger partial charge on any atom is -0.368 e. The number of nitrogens with zero attached hydrogens (tertiary/aromatic N) is 2. The zero-order valence-corrected chi connectivity index (χ0v) is 11.2. The van der Waals surface area contributed by atoms with Crippen molar-refractivity contribution in [2.24, 2.45) is 5.73 Å². The summed E-state index contributed by atoms with van der Waals surface area (Å²) in [5, 5.41) is 5.42. The van der Waals surface area contributed by atoms with Gasteiger partial charge < -0.3 is 16.4 Å². The lowest BCUT2D eigenvalue weighted by Crippen LogP contribution is -2.48. The molecule has 21 heavy (non-hydrogen) atoms. The lowest BCUT2D eigenvalue weighted by Gasteiger charge is -2.16. The van der Waals surface area contributed by atoms with Gasteiger partial charge in [0.05, 0.1) is 0 Å². The summed E-state index contributed by atoms with van der Waals surface area (Å²) in [5.74, 6) is -0.643. The van der Waals surface area contributed by atoms with E-state index in [9.17, 15) is 9.59 Å². The molecule has 0 bridgehead atoms. The molecule has 0 aliphatic carbocycles. The van der Waals surface area contributed by atoms with Gasteiger partial charge in [-0.2, -0.15) is 0 Å². The smallest absolute Gasteiger partial charge is 0.251 e. The number of primary amides is 1. The minimum absolute atomic E-state index is 0.109. The number of hydrogen-bond acceptors (Lipinski definition) is 5. The van der Waals surface area contributed by atoms with Gasteiger partial charge in [-0.25, -0.2) is 9.97 Å². The van der Waals surface area contributed by atoms with Gasteiger partial charge in [0, 0.05) is 24.5 Å². The fourth-order valence-electron chi connectivity index (χ4n) is 1.64. The quantitative estimate of drug-likeness (QED) is 0.701.